The molecule has 47 heavy (non-hydrogen) atoms. The summed E-state index contributed by atoms with van der Waals surface area (Å²) in [5.74, 6) is 0.526. The van der Waals surface area contributed by atoms with Gasteiger partial charge in [-0.25, -0.2) is 4.99 Å². The molecule has 1 aliphatic rings. The second kappa shape index (κ2) is 16.2. The van der Waals surface area contributed by atoms with E-state index in [4.69, 9.17) is 42.8 Å². The second-order valence-corrected chi connectivity index (χ2v) is 11.6. The quantitative estimate of drug-likeness (QED) is 0.0604. The van der Waals surface area contributed by atoms with Crippen LogP contribution in [0.4, 0.5) is 5.69 Å². The average Bonchev–Trinajstić information content (AvgIpc) is 3.47. The van der Waals surface area contributed by atoms with E-state index in [0.29, 0.717) is 52.1 Å². The third-order valence-corrected chi connectivity index (χ3v) is 8.22. The Balaban J connectivity index is 1.54. The maximum atomic E-state index is 14.4. The summed E-state index contributed by atoms with van der Waals surface area (Å²) in [6.45, 7) is 0.695. The minimum atomic E-state index is -1.47. The fourth-order valence-electron chi connectivity index (χ4n) is 5.27. The van der Waals surface area contributed by atoms with Crippen molar-refractivity contribution in [3.05, 3.63) is 146 Å². The Labute approximate surface area is 283 Å². The number of ether oxygens (including phenoxy) is 2. The van der Waals surface area contributed by atoms with Crippen LogP contribution in [0.5, 0.6) is 5.75 Å². The van der Waals surface area contributed by atoms with Gasteiger partial charge in [-0.2, -0.15) is 0 Å². The van der Waals surface area contributed by atoms with E-state index in [1.54, 1.807) is 60.7 Å². The van der Waals surface area contributed by atoms with Gasteiger partial charge in [0.15, 0.2) is 11.6 Å². The zero-order valence-electron chi connectivity index (χ0n) is 25.4. The van der Waals surface area contributed by atoms with Crippen LogP contribution < -0.4 is 10.1 Å². The number of aliphatic hydroxyl groups excluding tert-OH is 1. The van der Waals surface area contributed by atoms with Crippen LogP contribution in [0.3, 0.4) is 0 Å². The molecule has 2 atom stereocenters. The molecule has 0 aromatic heterocycles. The van der Waals surface area contributed by atoms with Crippen LogP contribution in [0.1, 0.15) is 41.2 Å². The zero-order valence-corrected chi connectivity index (χ0v) is 26.9. The number of carbonyl (C=O) groups is 1. The summed E-state index contributed by atoms with van der Waals surface area (Å²) in [7, 11) is 0. The van der Waals surface area contributed by atoms with Gasteiger partial charge in [0.05, 0.1) is 6.61 Å². The highest BCUT2D eigenvalue weighted by atomic mass is 35.5. The van der Waals surface area contributed by atoms with E-state index in [0.717, 1.165) is 11.1 Å². The van der Waals surface area contributed by atoms with Gasteiger partial charge in [-0.05, 0) is 59.5 Å². The van der Waals surface area contributed by atoms with Gasteiger partial charge in [0.1, 0.15) is 5.75 Å². The fraction of sp³-hybridized carbons (Fsp3) is 0.222. The van der Waals surface area contributed by atoms with E-state index in [2.05, 4.69) is 15.3 Å². The lowest BCUT2D eigenvalue weighted by Crippen LogP contribution is -2.48. The fourth-order valence-corrected chi connectivity index (χ4v) is 5.77. The number of aliphatic hydroxyl groups is 1. The summed E-state index contributed by atoms with van der Waals surface area (Å²) in [4.78, 5) is 22.5. The molecule has 0 unspecified atom stereocenters. The van der Waals surface area contributed by atoms with Gasteiger partial charge in [0, 0.05) is 57.8 Å². The number of nitrogens with one attached hydrogen (secondary N) is 1. The number of rotatable bonds is 14. The van der Waals surface area contributed by atoms with Crippen LogP contribution in [0, 0.1) is 0 Å². The van der Waals surface area contributed by atoms with Gasteiger partial charge < -0.3 is 19.9 Å². The summed E-state index contributed by atoms with van der Waals surface area (Å²) in [5, 5.41) is 17.1. The van der Waals surface area contributed by atoms with Crippen molar-refractivity contribution < 1.29 is 19.4 Å². The van der Waals surface area contributed by atoms with Gasteiger partial charge in [0.2, 0.25) is 5.90 Å². The highest BCUT2D eigenvalue weighted by Crippen LogP contribution is 2.45. The molecule has 1 amide bonds. The van der Waals surface area contributed by atoms with Gasteiger partial charge in [-0.15, -0.1) is 0 Å². The normalized spacial score (nSPS) is 17.1. The number of hydrogen-bond donors (Lipinski definition) is 2. The largest absolute Gasteiger partial charge is 0.494 e. The van der Waals surface area contributed by atoms with E-state index < -0.39 is 11.6 Å². The molecule has 4 aromatic carbocycles. The molecule has 0 bridgehead atoms. The number of hydrogen-bond acceptors (Lipinski definition) is 6. The van der Waals surface area contributed by atoms with E-state index in [9.17, 15) is 10.3 Å². The van der Waals surface area contributed by atoms with Crippen molar-refractivity contribution in [3.63, 3.8) is 0 Å². The van der Waals surface area contributed by atoms with Crippen molar-refractivity contribution in [3.8, 4) is 5.75 Å². The summed E-state index contributed by atoms with van der Waals surface area (Å²) in [6, 6.07) is 29.2. The molecule has 0 spiro atoms. The SMILES string of the molecule is [N-]=[N+]=Nc1ccccc1[C@H]1OC(c2ccc(OCCCO)cc2)=N[C@@]1(C/C=C/c1ccccc1)C(=O)NCCc1ccc(Cl)cc1Cl. The predicted octanol–water partition coefficient (Wildman–Crippen LogP) is 8.42. The molecule has 11 heteroatoms. The zero-order chi connectivity index (χ0) is 33.1. The number of aliphatic imine (C=N–C) groups is 1. The Hall–Kier alpha value is -4.79. The number of azide groups is 1. The molecule has 5 rings (SSSR count). The van der Waals surface area contributed by atoms with Crippen LogP contribution >= 0.6 is 23.2 Å². The van der Waals surface area contributed by atoms with Crippen molar-refractivity contribution in [1.29, 1.82) is 0 Å². The van der Waals surface area contributed by atoms with Gasteiger partial charge >= 0.3 is 0 Å². The third kappa shape index (κ3) is 8.33. The van der Waals surface area contributed by atoms with Crippen LogP contribution in [0.2, 0.25) is 10.0 Å². The molecule has 0 aliphatic carbocycles. The topological polar surface area (TPSA) is 129 Å². The maximum absolute atomic E-state index is 14.4. The standard InChI is InChI=1S/C36H33Cl2N5O4/c37-28-16-13-26(31(38)24-28)19-21-40-35(45)36(20-6-10-25-8-2-1-3-9-25)33(30-11-4-5-12-32(30)42-43-39)47-34(41-36)27-14-17-29(18-15-27)46-23-7-22-44/h1-6,8-18,24,33,44H,7,19-23H2,(H,40,45)/b10-6+/t33-,36-/m1/s1. The first kappa shape index (κ1) is 33.6. The van der Waals surface area contributed by atoms with Crippen LogP contribution in [0.15, 0.2) is 113 Å². The molecular formula is C36H33Cl2N5O4. The highest BCUT2D eigenvalue weighted by Gasteiger charge is 2.53. The molecule has 0 radical (unpaired) electrons. The molecule has 0 saturated carbocycles. The van der Waals surface area contributed by atoms with Crippen LogP contribution in [-0.4, -0.2) is 42.2 Å². The first-order valence-corrected chi connectivity index (χ1v) is 15.9. The Kier molecular flexibility index (Phi) is 11.5. The molecule has 2 N–H and O–H groups in total. The molecule has 240 valence electrons. The van der Waals surface area contributed by atoms with Gasteiger partial charge in [0.25, 0.3) is 5.91 Å². The minimum Gasteiger partial charge on any atom is -0.494 e. The summed E-state index contributed by atoms with van der Waals surface area (Å²) < 4.78 is 12.2. The van der Waals surface area contributed by atoms with E-state index in [1.807, 2.05) is 48.6 Å². The van der Waals surface area contributed by atoms with E-state index in [1.165, 1.54) is 0 Å². The number of halogens is 2. The van der Waals surface area contributed by atoms with Gasteiger partial charge in [-0.1, -0.05) is 101 Å². The smallest absolute Gasteiger partial charge is 0.252 e. The number of nitrogens with zero attached hydrogens (tertiary/aromatic N) is 4. The first-order chi connectivity index (χ1) is 22.9. The van der Waals surface area contributed by atoms with Crippen molar-refractivity contribution in [2.45, 2.75) is 30.9 Å². The molecule has 0 saturated heterocycles. The number of amides is 1. The van der Waals surface area contributed by atoms with Crippen molar-refractivity contribution >= 4 is 46.8 Å². The second-order valence-electron chi connectivity index (χ2n) is 10.8. The highest BCUT2D eigenvalue weighted by molar-refractivity contribution is 6.35. The molecule has 4 aromatic rings. The Morgan fingerprint density at radius 1 is 1.06 bits per heavy atom. The number of carbonyl (C=O) groups excluding carboxylic acids is 1. The maximum Gasteiger partial charge on any atom is 0.252 e. The lowest BCUT2D eigenvalue weighted by atomic mass is 9.83. The molecule has 9 nitrogen and oxygen atoms in total. The van der Waals surface area contributed by atoms with Crippen molar-refractivity contribution in [1.82, 2.24) is 5.32 Å². The van der Waals surface area contributed by atoms with Crippen molar-refractivity contribution in [2.75, 3.05) is 19.8 Å². The Morgan fingerprint density at radius 2 is 1.83 bits per heavy atom. The summed E-state index contributed by atoms with van der Waals surface area (Å²) in [5.41, 5.74) is 11.2. The molecule has 0 fully saturated rings. The number of benzene rings is 4. The van der Waals surface area contributed by atoms with Crippen molar-refractivity contribution in [2.24, 2.45) is 10.1 Å². The molecular weight excluding hydrogens is 637 g/mol. The van der Waals surface area contributed by atoms with E-state index >= 15 is 0 Å². The average molecular weight is 671 g/mol. The van der Waals surface area contributed by atoms with Crippen LogP contribution in [-0.2, 0) is 16.0 Å². The lowest BCUT2D eigenvalue weighted by molar-refractivity contribution is -0.128. The minimum absolute atomic E-state index is 0.0387. The predicted molar refractivity (Wildman–Crippen MR) is 185 cm³/mol. The third-order valence-electron chi connectivity index (χ3n) is 7.64. The summed E-state index contributed by atoms with van der Waals surface area (Å²) in [6.07, 6.45) is 4.07. The van der Waals surface area contributed by atoms with E-state index in [-0.39, 0.29) is 31.4 Å². The van der Waals surface area contributed by atoms with Gasteiger partial charge in [-0.3, -0.25) is 4.79 Å². The van der Waals surface area contributed by atoms with Crippen LogP contribution in [0.25, 0.3) is 16.5 Å². The monoisotopic (exact) mass is 669 g/mol. The Bertz CT molecular complexity index is 1790. The molecule has 1 aliphatic heterocycles. The Morgan fingerprint density at radius 3 is 2.57 bits per heavy atom. The lowest BCUT2D eigenvalue weighted by Gasteiger charge is -2.30. The summed E-state index contributed by atoms with van der Waals surface area (Å²) >= 11 is 12.5. The first-order valence-electron chi connectivity index (χ1n) is 15.1. The molecule has 1 heterocycles.